The van der Waals surface area contributed by atoms with Gasteiger partial charge in [0.15, 0.2) is 11.5 Å². The van der Waals surface area contributed by atoms with Gasteiger partial charge in [-0.3, -0.25) is 4.84 Å². The minimum Gasteiger partial charge on any atom is -0.504 e. The van der Waals surface area contributed by atoms with Crippen molar-refractivity contribution < 1.29 is 15.1 Å². The Morgan fingerprint density at radius 1 is 1.31 bits per heavy atom. The summed E-state index contributed by atoms with van der Waals surface area (Å²) in [5, 5.41) is 18.9. The molecule has 4 N–H and O–H groups in total. The second-order valence-corrected chi connectivity index (χ2v) is 2.99. The second kappa shape index (κ2) is 3.64. The first kappa shape index (κ1) is 9.83. The van der Waals surface area contributed by atoms with Crippen molar-refractivity contribution in [3.63, 3.8) is 0 Å². The van der Waals surface area contributed by atoms with Gasteiger partial charge >= 0.3 is 0 Å². The minimum atomic E-state index is -0.159. The number of hydrogen-bond acceptors (Lipinski definition) is 4. The summed E-state index contributed by atoms with van der Waals surface area (Å²) in [6, 6.07) is 1.73. The molecule has 0 heterocycles. The zero-order chi connectivity index (χ0) is 10.0. The van der Waals surface area contributed by atoms with Crippen LogP contribution in [-0.4, -0.2) is 10.2 Å². The second-order valence-electron chi connectivity index (χ2n) is 2.99. The lowest BCUT2D eigenvalue weighted by Crippen LogP contribution is -2.00. The van der Waals surface area contributed by atoms with Crippen LogP contribution in [0, 0.1) is 13.8 Å². The van der Waals surface area contributed by atoms with Crippen molar-refractivity contribution in [2.24, 2.45) is 5.90 Å². The molecule has 4 nitrogen and oxygen atoms in total. The number of aryl methyl sites for hydroxylation is 1. The van der Waals surface area contributed by atoms with Crippen LogP contribution in [0.5, 0.6) is 11.5 Å². The highest BCUT2D eigenvalue weighted by Crippen LogP contribution is 2.34. The summed E-state index contributed by atoms with van der Waals surface area (Å²) in [5.74, 6) is 4.61. The molecule has 0 amide bonds. The van der Waals surface area contributed by atoms with E-state index >= 15 is 0 Å². The van der Waals surface area contributed by atoms with Crippen molar-refractivity contribution in [3.8, 4) is 11.5 Å². The third-order valence-electron chi connectivity index (χ3n) is 2.10. The molecule has 0 atom stereocenters. The van der Waals surface area contributed by atoms with Gasteiger partial charge in [0, 0.05) is 5.56 Å². The van der Waals surface area contributed by atoms with Crippen LogP contribution in [0.25, 0.3) is 0 Å². The van der Waals surface area contributed by atoms with Crippen LogP contribution in [0.3, 0.4) is 0 Å². The molecule has 0 spiro atoms. The maximum Gasteiger partial charge on any atom is 0.163 e. The molecule has 0 saturated carbocycles. The van der Waals surface area contributed by atoms with Gasteiger partial charge in [0.2, 0.25) is 0 Å². The number of benzene rings is 1. The summed E-state index contributed by atoms with van der Waals surface area (Å²) >= 11 is 0. The Morgan fingerprint density at radius 2 is 1.92 bits per heavy atom. The van der Waals surface area contributed by atoms with E-state index in [9.17, 15) is 10.2 Å². The number of rotatable bonds is 2. The fourth-order valence-electron chi connectivity index (χ4n) is 1.15. The van der Waals surface area contributed by atoms with Crippen LogP contribution in [0.4, 0.5) is 0 Å². The minimum absolute atomic E-state index is 0.0838. The van der Waals surface area contributed by atoms with Gasteiger partial charge in [-0.2, -0.15) is 0 Å². The monoisotopic (exact) mass is 183 g/mol. The molecule has 0 radical (unpaired) electrons. The lowest BCUT2D eigenvalue weighted by Gasteiger charge is -2.10. The Labute approximate surface area is 76.5 Å². The number of phenolic OH excluding ortho intramolecular Hbond substituents is 2. The van der Waals surface area contributed by atoms with Crippen molar-refractivity contribution in [2.75, 3.05) is 0 Å². The van der Waals surface area contributed by atoms with Crippen molar-refractivity contribution >= 4 is 0 Å². The standard InChI is InChI=1S/C9H13NO3/c1-5-3-7(4-13-10)9(12)8(11)6(5)2/h3,11-12H,4,10H2,1-2H3. The van der Waals surface area contributed by atoms with Crippen molar-refractivity contribution in [1.29, 1.82) is 0 Å². The molecule has 1 aromatic rings. The van der Waals surface area contributed by atoms with Gasteiger partial charge in [-0.1, -0.05) is 0 Å². The normalized spacial score (nSPS) is 10.4. The molecule has 13 heavy (non-hydrogen) atoms. The SMILES string of the molecule is Cc1cc(CON)c(O)c(O)c1C. The Balaban J connectivity index is 3.24. The lowest BCUT2D eigenvalue weighted by atomic mass is 10.0. The summed E-state index contributed by atoms with van der Waals surface area (Å²) in [4.78, 5) is 4.39. The summed E-state index contributed by atoms with van der Waals surface area (Å²) in [5.41, 5.74) is 2.05. The molecule has 0 fully saturated rings. The quantitative estimate of drug-likeness (QED) is 0.474. The molecular weight excluding hydrogens is 170 g/mol. The highest BCUT2D eigenvalue weighted by Gasteiger charge is 2.11. The first-order valence-electron chi connectivity index (χ1n) is 3.90. The van der Waals surface area contributed by atoms with Gasteiger partial charge in [0.25, 0.3) is 0 Å². The Bertz CT molecular complexity index is 323. The van der Waals surface area contributed by atoms with E-state index < -0.39 is 0 Å². The van der Waals surface area contributed by atoms with E-state index in [0.29, 0.717) is 11.1 Å². The maximum absolute atomic E-state index is 9.45. The Morgan fingerprint density at radius 3 is 2.46 bits per heavy atom. The van der Waals surface area contributed by atoms with Gasteiger partial charge in [-0.05, 0) is 31.0 Å². The van der Waals surface area contributed by atoms with Crippen molar-refractivity contribution in [2.45, 2.75) is 20.5 Å². The number of aromatic hydroxyl groups is 2. The van der Waals surface area contributed by atoms with Crippen molar-refractivity contribution in [1.82, 2.24) is 0 Å². The van der Waals surface area contributed by atoms with Gasteiger partial charge in [0.1, 0.15) is 0 Å². The Hall–Kier alpha value is -1.26. The molecule has 0 aromatic heterocycles. The van der Waals surface area contributed by atoms with E-state index in [1.807, 2.05) is 6.92 Å². The van der Waals surface area contributed by atoms with E-state index in [1.165, 1.54) is 0 Å². The molecule has 1 aromatic carbocycles. The van der Waals surface area contributed by atoms with Crippen LogP contribution in [-0.2, 0) is 11.4 Å². The summed E-state index contributed by atoms with van der Waals surface area (Å²) in [6.45, 7) is 3.66. The van der Waals surface area contributed by atoms with Gasteiger partial charge < -0.3 is 10.2 Å². The highest BCUT2D eigenvalue weighted by molar-refractivity contribution is 5.52. The lowest BCUT2D eigenvalue weighted by molar-refractivity contribution is 0.122. The third-order valence-corrected chi connectivity index (χ3v) is 2.10. The van der Waals surface area contributed by atoms with Crippen LogP contribution in [0.15, 0.2) is 6.07 Å². The molecule has 0 aliphatic heterocycles. The topological polar surface area (TPSA) is 75.7 Å². The predicted molar refractivity (Wildman–Crippen MR) is 48.2 cm³/mol. The molecule has 0 unspecified atom stereocenters. The molecule has 0 aliphatic rings. The van der Waals surface area contributed by atoms with E-state index in [0.717, 1.165) is 5.56 Å². The molecule has 72 valence electrons. The number of nitrogens with two attached hydrogens (primary N) is 1. The molecule has 0 saturated heterocycles. The molecular formula is C9H13NO3. The van der Waals surface area contributed by atoms with Crippen molar-refractivity contribution in [3.05, 3.63) is 22.8 Å². The zero-order valence-electron chi connectivity index (χ0n) is 7.66. The molecule has 0 bridgehead atoms. The largest absolute Gasteiger partial charge is 0.504 e. The van der Waals surface area contributed by atoms with Crippen LogP contribution in [0.1, 0.15) is 16.7 Å². The van der Waals surface area contributed by atoms with Gasteiger partial charge in [-0.15, -0.1) is 0 Å². The van der Waals surface area contributed by atoms with Gasteiger partial charge in [-0.25, -0.2) is 5.90 Å². The fourth-order valence-corrected chi connectivity index (χ4v) is 1.15. The third kappa shape index (κ3) is 1.74. The van der Waals surface area contributed by atoms with Crippen LogP contribution >= 0.6 is 0 Å². The molecule has 4 heteroatoms. The first-order valence-corrected chi connectivity index (χ1v) is 3.90. The van der Waals surface area contributed by atoms with Crippen LogP contribution in [0.2, 0.25) is 0 Å². The molecule has 1 rings (SSSR count). The van der Waals surface area contributed by atoms with E-state index in [1.54, 1.807) is 13.0 Å². The summed E-state index contributed by atoms with van der Waals surface area (Å²) in [6.07, 6.45) is 0. The number of phenols is 2. The van der Waals surface area contributed by atoms with E-state index in [2.05, 4.69) is 4.84 Å². The van der Waals surface area contributed by atoms with Crippen LogP contribution < -0.4 is 5.90 Å². The summed E-state index contributed by atoms with van der Waals surface area (Å²) < 4.78 is 0. The first-order chi connectivity index (χ1) is 6.07. The molecule has 0 aliphatic carbocycles. The number of hydrogen-bond donors (Lipinski definition) is 3. The van der Waals surface area contributed by atoms with E-state index in [-0.39, 0.29) is 18.1 Å². The fraction of sp³-hybridized carbons (Fsp3) is 0.333. The predicted octanol–water partition coefficient (Wildman–Crippen LogP) is 1.10. The zero-order valence-corrected chi connectivity index (χ0v) is 7.66. The van der Waals surface area contributed by atoms with Gasteiger partial charge in [0.05, 0.1) is 6.61 Å². The highest BCUT2D eigenvalue weighted by atomic mass is 16.6. The summed E-state index contributed by atoms with van der Waals surface area (Å²) in [7, 11) is 0. The Kier molecular flexibility index (Phi) is 2.75. The average molecular weight is 183 g/mol. The maximum atomic E-state index is 9.45. The average Bonchev–Trinajstić information content (AvgIpc) is 2.11. The van der Waals surface area contributed by atoms with E-state index in [4.69, 9.17) is 5.90 Å². The smallest absolute Gasteiger partial charge is 0.163 e.